The lowest BCUT2D eigenvalue weighted by atomic mass is 9.96. The Morgan fingerprint density at radius 2 is 1.72 bits per heavy atom. The highest BCUT2D eigenvalue weighted by Crippen LogP contribution is 2.32. The summed E-state index contributed by atoms with van der Waals surface area (Å²) in [6.07, 6.45) is -0.336. The third kappa shape index (κ3) is 5.56. The van der Waals surface area contributed by atoms with E-state index in [0.717, 1.165) is 21.3 Å². The van der Waals surface area contributed by atoms with E-state index < -0.39 is 11.0 Å². The first-order chi connectivity index (χ1) is 14.0. The van der Waals surface area contributed by atoms with Crippen molar-refractivity contribution < 1.29 is 14.8 Å². The van der Waals surface area contributed by atoms with E-state index in [9.17, 15) is 15.2 Å². The lowest BCUT2D eigenvalue weighted by Crippen LogP contribution is -2.15. The molecule has 0 saturated carbocycles. The molecule has 3 aromatic carbocycles. The molecule has 0 bridgehead atoms. The molecule has 3 aromatic rings. The number of nitrogens with one attached hydrogen (secondary N) is 1. The highest BCUT2D eigenvalue weighted by Gasteiger charge is 2.19. The largest absolute Gasteiger partial charge is 0.497 e. The minimum absolute atomic E-state index is 0.0141. The Hall–Kier alpha value is -2.90. The van der Waals surface area contributed by atoms with Gasteiger partial charge < -0.3 is 15.2 Å². The van der Waals surface area contributed by atoms with Gasteiger partial charge in [-0.1, -0.05) is 46.3 Å². The van der Waals surface area contributed by atoms with Gasteiger partial charge in [0.2, 0.25) is 0 Å². The highest BCUT2D eigenvalue weighted by atomic mass is 79.9. The van der Waals surface area contributed by atoms with Gasteiger partial charge >= 0.3 is 0 Å². The summed E-state index contributed by atoms with van der Waals surface area (Å²) in [5, 5.41) is 25.2. The zero-order valence-electron chi connectivity index (χ0n) is 15.8. The summed E-state index contributed by atoms with van der Waals surface area (Å²) < 4.78 is 6.12. The molecule has 0 aromatic heterocycles. The molecule has 0 saturated heterocycles. The Labute approximate surface area is 177 Å². The van der Waals surface area contributed by atoms with Gasteiger partial charge in [0.15, 0.2) is 0 Å². The number of non-ortho nitro benzene ring substituents is 1. The topological polar surface area (TPSA) is 84.6 Å². The number of anilines is 1. The molecule has 0 aliphatic heterocycles. The second-order valence-corrected chi connectivity index (χ2v) is 7.50. The number of aliphatic hydroxyl groups excluding tert-OH is 1. The monoisotopic (exact) mass is 456 g/mol. The molecule has 2 atom stereocenters. The first-order valence-electron chi connectivity index (χ1n) is 9.04. The number of nitrogens with zero attached hydrogens (tertiary/aromatic N) is 1. The zero-order valence-corrected chi connectivity index (χ0v) is 17.4. The van der Waals surface area contributed by atoms with Crippen molar-refractivity contribution in [2.24, 2.45) is 0 Å². The van der Waals surface area contributed by atoms with Crippen LogP contribution < -0.4 is 10.1 Å². The first-order valence-corrected chi connectivity index (χ1v) is 9.84. The van der Waals surface area contributed by atoms with Crippen LogP contribution in [-0.4, -0.2) is 17.1 Å². The number of aliphatic hydroxyl groups is 1. The number of halogens is 1. The Kier molecular flexibility index (Phi) is 6.85. The molecule has 6 nitrogen and oxygen atoms in total. The molecule has 7 heteroatoms. The average molecular weight is 457 g/mol. The minimum atomic E-state index is -0.722. The van der Waals surface area contributed by atoms with Crippen molar-refractivity contribution in [3.63, 3.8) is 0 Å². The molecule has 0 fully saturated rings. The highest BCUT2D eigenvalue weighted by molar-refractivity contribution is 9.10. The van der Waals surface area contributed by atoms with Crippen molar-refractivity contribution in [1.29, 1.82) is 0 Å². The fourth-order valence-electron chi connectivity index (χ4n) is 3.07. The molecule has 0 aliphatic carbocycles. The average Bonchev–Trinajstić information content (AvgIpc) is 2.74. The minimum Gasteiger partial charge on any atom is -0.497 e. The Balaban J connectivity index is 1.85. The smallest absolute Gasteiger partial charge is 0.271 e. The number of nitro benzene ring substituents is 1. The molecular weight excluding hydrogens is 436 g/mol. The lowest BCUT2D eigenvalue weighted by molar-refractivity contribution is -0.384. The summed E-state index contributed by atoms with van der Waals surface area (Å²) in [6, 6.07) is 21.2. The molecule has 2 unspecified atom stereocenters. The van der Waals surface area contributed by atoms with Crippen molar-refractivity contribution in [2.45, 2.75) is 18.6 Å². The summed E-state index contributed by atoms with van der Waals surface area (Å²) >= 11 is 3.43. The molecule has 0 aliphatic rings. The lowest BCUT2D eigenvalue weighted by Gasteiger charge is -2.24. The second-order valence-electron chi connectivity index (χ2n) is 6.58. The van der Waals surface area contributed by atoms with Gasteiger partial charge in [-0.25, -0.2) is 0 Å². The number of nitro groups is 1. The Bertz CT molecular complexity index is 961. The van der Waals surface area contributed by atoms with E-state index in [-0.39, 0.29) is 11.7 Å². The third-order valence-electron chi connectivity index (χ3n) is 4.63. The van der Waals surface area contributed by atoms with Crippen LogP contribution in [0, 0.1) is 10.1 Å². The number of ether oxygens (including phenoxy) is 1. The molecule has 0 heterocycles. The Morgan fingerprint density at radius 3 is 2.34 bits per heavy atom. The second kappa shape index (κ2) is 9.54. The van der Waals surface area contributed by atoms with Crippen LogP contribution in [0.25, 0.3) is 0 Å². The first kappa shape index (κ1) is 20.8. The van der Waals surface area contributed by atoms with Crippen LogP contribution in [-0.2, 0) is 0 Å². The van der Waals surface area contributed by atoms with E-state index in [2.05, 4.69) is 21.2 Å². The van der Waals surface area contributed by atoms with E-state index in [1.54, 1.807) is 31.4 Å². The van der Waals surface area contributed by atoms with E-state index in [1.165, 1.54) is 12.1 Å². The van der Waals surface area contributed by atoms with E-state index in [1.807, 2.05) is 36.4 Å². The molecule has 0 radical (unpaired) electrons. The summed E-state index contributed by atoms with van der Waals surface area (Å²) in [7, 11) is 1.60. The van der Waals surface area contributed by atoms with Crippen LogP contribution in [0.2, 0.25) is 0 Å². The van der Waals surface area contributed by atoms with Gasteiger partial charge in [0.1, 0.15) is 5.75 Å². The van der Waals surface area contributed by atoms with Gasteiger partial charge in [-0.2, -0.15) is 0 Å². The maximum absolute atomic E-state index is 11.1. The number of rotatable bonds is 8. The van der Waals surface area contributed by atoms with Crippen molar-refractivity contribution in [2.75, 3.05) is 12.4 Å². The summed E-state index contributed by atoms with van der Waals surface area (Å²) in [4.78, 5) is 10.7. The van der Waals surface area contributed by atoms with E-state index >= 15 is 0 Å². The fourth-order valence-corrected chi connectivity index (χ4v) is 3.33. The number of hydrogen-bond acceptors (Lipinski definition) is 5. The maximum atomic E-state index is 11.1. The zero-order chi connectivity index (χ0) is 20.8. The summed E-state index contributed by atoms with van der Waals surface area (Å²) in [5.74, 6) is 0.722. The molecule has 0 amide bonds. The van der Waals surface area contributed by atoms with Gasteiger partial charge in [0, 0.05) is 28.7 Å². The number of hydrogen-bond donors (Lipinski definition) is 2. The van der Waals surface area contributed by atoms with Gasteiger partial charge in [0.05, 0.1) is 24.2 Å². The number of benzene rings is 3. The standard InChI is InChI=1S/C22H21BrN2O4/c1-29-20-11-7-16(8-12-20)22(26)14-21(15-5-9-17(23)10-6-15)24-18-3-2-4-19(13-18)25(27)28/h2-13,21-22,24,26H,14H2,1H3. The van der Waals surface area contributed by atoms with Crippen LogP contribution in [0.5, 0.6) is 5.75 Å². The molecule has 0 spiro atoms. The van der Waals surface area contributed by atoms with Gasteiger partial charge in [0.25, 0.3) is 5.69 Å². The van der Waals surface area contributed by atoms with Crippen molar-refractivity contribution in [3.8, 4) is 5.75 Å². The fraction of sp³-hybridized carbons (Fsp3) is 0.182. The molecule has 2 N–H and O–H groups in total. The van der Waals surface area contributed by atoms with Gasteiger partial charge in [-0.15, -0.1) is 0 Å². The Morgan fingerprint density at radius 1 is 1.07 bits per heavy atom. The van der Waals surface area contributed by atoms with Crippen LogP contribution in [0.3, 0.4) is 0 Å². The van der Waals surface area contributed by atoms with Crippen molar-refractivity contribution in [1.82, 2.24) is 0 Å². The maximum Gasteiger partial charge on any atom is 0.271 e. The predicted molar refractivity (Wildman–Crippen MR) is 116 cm³/mol. The van der Waals surface area contributed by atoms with Crippen LogP contribution in [0.4, 0.5) is 11.4 Å². The van der Waals surface area contributed by atoms with Gasteiger partial charge in [-0.05, 0) is 41.5 Å². The summed E-state index contributed by atoms with van der Waals surface area (Å²) in [6.45, 7) is 0. The predicted octanol–water partition coefficient (Wildman–Crippen LogP) is 5.64. The van der Waals surface area contributed by atoms with Crippen molar-refractivity contribution >= 4 is 27.3 Å². The van der Waals surface area contributed by atoms with Crippen LogP contribution >= 0.6 is 15.9 Å². The molecule has 3 rings (SSSR count). The molecule has 29 heavy (non-hydrogen) atoms. The summed E-state index contributed by atoms with van der Waals surface area (Å²) in [5.41, 5.74) is 2.37. The van der Waals surface area contributed by atoms with Crippen LogP contribution in [0.1, 0.15) is 29.7 Å². The molecular formula is C22H21BrN2O4. The van der Waals surface area contributed by atoms with Crippen LogP contribution in [0.15, 0.2) is 77.3 Å². The van der Waals surface area contributed by atoms with E-state index in [0.29, 0.717) is 12.1 Å². The van der Waals surface area contributed by atoms with E-state index in [4.69, 9.17) is 4.74 Å². The third-order valence-corrected chi connectivity index (χ3v) is 5.16. The number of methoxy groups -OCH3 is 1. The SMILES string of the molecule is COc1ccc(C(O)CC(Nc2cccc([N+](=O)[O-])c2)c2ccc(Br)cc2)cc1. The normalized spacial score (nSPS) is 12.8. The quantitative estimate of drug-likeness (QED) is 0.338. The van der Waals surface area contributed by atoms with Gasteiger partial charge in [-0.3, -0.25) is 10.1 Å². The molecule has 150 valence electrons. The van der Waals surface area contributed by atoms with Crippen molar-refractivity contribution in [3.05, 3.63) is 98.5 Å².